The van der Waals surface area contributed by atoms with Gasteiger partial charge >= 0.3 is 0 Å². The van der Waals surface area contributed by atoms with Gasteiger partial charge in [0.1, 0.15) is 5.75 Å². The van der Waals surface area contributed by atoms with Gasteiger partial charge in [-0.2, -0.15) is 0 Å². The normalized spacial score (nSPS) is 22.4. The highest BCUT2D eigenvalue weighted by atomic mass is 16.5. The number of carbonyl (C=O) groups is 2. The predicted octanol–water partition coefficient (Wildman–Crippen LogP) is 0.986. The lowest BCUT2D eigenvalue weighted by molar-refractivity contribution is -0.121. The van der Waals surface area contributed by atoms with Crippen molar-refractivity contribution in [2.75, 3.05) is 24.6 Å². The first-order valence-electron chi connectivity index (χ1n) is 9.46. The Balaban J connectivity index is 1.16. The van der Waals surface area contributed by atoms with Crippen LogP contribution in [0.4, 0.5) is 5.95 Å². The molecule has 146 valence electrons. The maximum absolute atomic E-state index is 12.1. The summed E-state index contributed by atoms with van der Waals surface area (Å²) in [6.45, 7) is 2.15. The molecule has 0 bridgehead atoms. The largest absolute Gasteiger partial charge is 0.494 e. The second-order valence-electron chi connectivity index (χ2n) is 7.23. The molecule has 28 heavy (non-hydrogen) atoms. The van der Waals surface area contributed by atoms with Crippen molar-refractivity contribution in [3.8, 4) is 5.75 Å². The molecule has 1 saturated heterocycles. The highest BCUT2D eigenvalue weighted by molar-refractivity contribution is 5.92. The van der Waals surface area contributed by atoms with Gasteiger partial charge in [0.2, 0.25) is 11.9 Å². The third-order valence-electron chi connectivity index (χ3n) is 5.29. The summed E-state index contributed by atoms with van der Waals surface area (Å²) in [7, 11) is 0. The number of hydrogen-bond acceptors (Lipinski definition) is 6. The molecule has 0 radical (unpaired) electrons. The number of rotatable bonds is 8. The Hall–Kier alpha value is -3.16. The van der Waals surface area contributed by atoms with E-state index < -0.39 is 5.91 Å². The van der Waals surface area contributed by atoms with Gasteiger partial charge in [0.05, 0.1) is 12.2 Å². The van der Waals surface area contributed by atoms with Gasteiger partial charge in [-0.15, -0.1) is 0 Å². The van der Waals surface area contributed by atoms with Gasteiger partial charge in [0, 0.05) is 49.8 Å². The minimum Gasteiger partial charge on any atom is -0.494 e. The average Bonchev–Trinajstić information content (AvgIpc) is 3.13. The average molecular weight is 381 g/mol. The summed E-state index contributed by atoms with van der Waals surface area (Å²) in [5.41, 5.74) is 5.50. The van der Waals surface area contributed by atoms with E-state index in [0.717, 1.165) is 18.8 Å². The van der Waals surface area contributed by atoms with Crippen molar-refractivity contribution < 1.29 is 14.3 Å². The Kier molecular flexibility index (Phi) is 5.10. The number of benzene rings is 1. The van der Waals surface area contributed by atoms with Crippen LogP contribution in [0.25, 0.3) is 0 Å². The van der Waals surface area contributed by atoms with Crippen molar-refractivity contribution >= 4 is 17.8 Å². The summed E-state index contributed by atoms with van der Waals surface area (Å²) < 4.78 is 5.61. The maximum Gasteiger partial charge on any atom is 0.251 e. The van der Waals surface area contributed by atoms with E-state index in [9.17, 15) is 9.59 Å². The maximum atomic E-state index is 12.1. The van der Waals surface area contributed by atoms with Crippen molar-refractivity contribution in [3.63, 3.8) is 0 Å². The molecule has 0 spiro atoms. The molecule has 2 atom stereocenters. The number of piperidine rings is 1. The molecule has 1 saturated carbocycles. The van der Waals surface area contributed by atoms with Crippen LogP contribution in [0.15, 0.2) is 42.7 Å². The molecular weight excluding hydrogens is 358 g/mol. The third-order valence-corrected chi connectivity index (χ3v) is 5.29. The summed E-state index contributed by atoms with van der Waals surface area (Å²) in [6, 6.07) is 9.84. The second-order valence-corrected chi connectivity index (χ2v) is 7.23. The molecule has 2 aliphatic rings. The van der Waals surface area contributed by atoms with Gasteiger partial charge in [-0.3, -0.25) is 9.59 Å². The van der Waals surface area contributed by atoms with Crippen molar-refractivity contribution in [3.05, 3.63) is 48.3 Å². The SMILES string of the molecule is NC(=O)c1cnc(N2CC3C(C2)C3NC(=O)CCCOc2ccccc2)nc1. The van der Waals surface area contributed by atoms with Crippen molar-refractivity contribution in [1.82, 2.24) is 15.3 Å². The zero-order valence-electron chi connectivity index (χ0n) is 15.5. The fraction of sp³-hybridized carbons (Fsp3) is 0.400. The summed E-state index contributed by atoms with van der Waals surface area (Å²) in [6.07, 6.45) is 4.05. The fourth-order valence-electron chi connectivity index (χ4n) is 3.71. The van der Waals surface area contributed by atoms with Gasteiger partial charge in [-0.25, -0.2) is 9.97 Å². The van der Waals surface area contributed by atoms with Gasteiger partial charge in [-0.05, 0) is 18.6 Å². The summed E-state index contributed by atoms with van der Waals surface area (Å²) >= 11 is 0. The lowest BCUT2D eigenvalue weighted by atomic mass is 10.3. The fourth-order valence-corrected chi connectivity index (χ4v) is 3.71. The zero-order valence-corrected chi connectivity index (χ0v) is 15.5. The molecule has 2 fully saturated rings. The van der Waals surface area contributed by atoms with Crippen LogP contribution in [0, 0.1) is 11.8 Å². The topological polar surface area (TPSA) is 110 Å². The number of anilines is 1. The molecule has 2 unspecified atom stereocenters. The number of para-hydroxylation sites is 1. The van der Waals surface area contributed by atoms with Crippen molar-refractivity contribution in [1.29, 1.82) is 0 Å². The summed E-state index contributed by atoms with van der Waals surface area (Å²) in [4.78, 5) is 33.7. The molecular formula is C20H23N5O3. The van der Waals surface area contributed by atoms with E-state index in [1.165, 1.54) is 12.4 Å². The van der Waals surface area contributed by atoms with E-state index in [0.29, 0.717) is 42.8 Å². The van der Waals surface area contributed by atoms with Crippen LogP contribution in [0.3, 0.4) is 0 Å². The minimum absolute atomic E-state index is 0.0738. The van der Waals surface area contributed by atoms with E-state index in [2.05, 4.69) is 20.2 Å². The molecule has 2 heterocycles. The molecule has 3 N–H and O–H groups in total. The van der Waals surface area contributed by atoms with Crippen molar-refractivity contribution in [2.45, 2.75) is 18.9 Å². The molecule has 1 aromatic heterocycles. The van der Waals surface area contributed by atoms with Crippen LogP contribution in [-0.2, 0) is 4.79 Å². The van der Waals surface area contributed by atoms with E-state index in [4.69, 9.17) is 10.5 Å². The Bertz CT molecular complexity index is 831. The number of amides is 2. The zero-order chi connectivity index (χ0) is 19.5. The third kappa shape index (κ3) is 4.05. The van der Waals surface area contributed by atoms with E-state index in [1.807, 2.05) is 30.3 Å². The first-order chi connectivity index (χ1) is 13.6. The highest BCUT2D eigenvalue weighted by Crippen LogP contribution is 2.46. The monoisotopic (exact) mass is 381 g/mol. The Labute approximate surface area is 163 Å². The number of nitrogens with one attached hydrogen (secondary N) is 1. The Morgan fingerprint density at radius 1 is 1.14 bits per heavy atom. The smallest absolute Gasteiger partial charge is 0.251 e. The van der Waals surface area contributed by atoms with Gasteiger partial charge in [0.25, 0.3) is 5.91 Å². The number of carbonyl (C=O) groups excluding carboxylic acids is 2. The first-order valence-corrected chi connectivity index (χ1v) is 9.46. The molecule has 1 aliphatic heterocycles. The predicted molar refractivity (Wildman–Crippen MR) is 103 cm³/mol. The number of aromatic nitrogens is 2. The van der Waals surface area contributed by atoms with E-state index in [-0.39, 0.29) is 11.9 Å². The molecule has 8 nitrogen and oxygen atoms in total. The standard InChI is InChI=1S/C20H23N5O3/c21-19(27)13-9-22-20(23-10-13)25-11-15-16(12-25)18(15)24-17(26)7-4-8-28-14-5-2-1-3-6-14/h1-3,5-6,9-10,15-16,18H,4,7-8,11-12H2,(H2,21,27)(H,24,26). The van der Waals surface area contributed by atoms with Crippen LogP contribution in [0.1, 0.15) is 23.2 Å². The number of primary amides is 1. The van der Waals surface area contributed by atoms with Crippen LogP contribution in [-0.4, -0.2) is 47.5 Å². The quantitative estimate of drug-likeness (QED) is 0.660. The molecule has 1 aliphatic carbocycles. The van der Waals surface area contributed by atoms with E-state index in [1.54, 1.807) is 0 Å². The molecule has 2 amide bonds. The number of fused-ring (bicyclic) bond motifs is 1. The number of hydrogen-bond donors (Lipinski definition) is 2. The lowest BCUT2D eigenvalue weighted by Gasteiger charge is -2.20. The van der Waals surface area contributed by atoms with Gasteiger partial charge in [-0.1, -0.05) is 18.2 Å². The van der Waals surface area contributed by atoms with Crippen molar-refractivity contribution in [2.24, 2.45) is 17.6 Å². The molecule has 2 aromatic rings. The molecule has 1 aromatic carbocycles. The summed E-state index contributed by atoms with van der Waals surface area (Å²) in [5, 5.41) is 3.13. The van der Waals surface area contributed by atoms with Crippen LogP contribution in [0.5, 0.6) is 5.75 Å². The lowest BCUT2D eigenvalue weighted by Crippen LogP contribution is -2.35. The van der Waals surface area contributed by atoms with Crippen LogP contribution in [0.2, 0.25) is 0 Å². The Morgan fingerprint density at radius 2 is 1.82 bits per heavy atom. The highest BCUT2D eigenvalue weighted by Gasteiger charge is 2.56. The number of nitrogens with two attached hydrogens (primary N) is 1. The van der Waals surface area contributed by atoms with E-state index >= 15 is 0 Å². The first kappa shape index (κ1) is 18.2. The summed E-state index contributed by atoms with van der Waals surface area (Å²) in [5.74, 6) is 1.83. The number of ether oxygens (including phenoxy) is 1. The molecule has 4 rings (SSSR count). The minimum atomic E-state index is -0.534. The second kappa shape index (κ2) is 7.84. The number of nitrogens with zero attached hydrogens (tertiary/aromatic N) is 3. The van der Waals surface area contributed by atoms with Crippen LogP contribution >= 0.6 is 0 Å². The van der Waals surface area contributed by atoms with Gasteiger partial charge in [0.15, 0.2) is 0 Å². The molecule has 8 heteroatoms. The van der Waals surface area contributed by atoms with Gasteiger partial charge < -0.3 is 20.7 Å². The Morgan fingerprint density at radius 3 is 2.46 bits per heavy atom. The van der Waals surface area contributed by atoms with Crippen LogP contribution < -0.4 is 20.7 Å².